The van der Waals surface area contributed by atoms with Crippen molar-refractivity contribution in [3.63, 3.8) is 0 Å². The van der Waals surface area contributed by atoms with Crippen LogP contribution in [0.4, 0.5) is 0 Å². The van der Waals surface area contributed by atoms with Gasteiger partial charge in [-0.2, -0.15) is 0 Å². The molecular formula is C16H21NO2. The molecule has 1 heterocycles. The Balaban J connectivity index is 2.02. The van der Waals surface area contributed by atoms with E-state index in [2.05, 4.69) is 31.3 Å². The van der Waals surface area contributed by atoms with Gasteiger partial charge in [0, 0.05) is 12.1 Å². The van der Waals surface area contributed by atoms with Crippen molar-refractivity contribution in [3.05, 3.63) is 53.5 Å². The SMILES string of the molecule is CNCc1ccoc1COc1cccc(C(C)C)c1. The van der Waals surface area contributed by atoms with Crippen molar-refractivity contribution >= 4 is 0 Å². The highest BCUT2D eigenvalue weighted by atomic mass is 16.5. The normalized spacial score (nSPS) is 10.9. The average molecular weight is 259 g/mol. The second kappa shape index (κ2) is 6.43. The van der Waals surface area contributed by atoms with Crippen molar-refractivity contribution in [1.29, 1.82) is 0 Å². The number of hydrogen-bond donors (Lipinski definition) is 1. The summed E-state index contributed by atoms with van der Waals surface area (Å²) in [6.07, 6.45) is 1.70. The van der Waals surface area contributed by atoms with Crippen LogP contribution in [0.3, 0.4) is 0 Å². The molecule has 0 amide bonds. The molecule has 0 fully saturated rings. The van der Waals surface area contributed by atoms with Crippen molar-refractivity contribution in [1.82, 2.24) is 5.32 Å². The molecule has 2 rings (SSSR count). The fraction of sp³-hybridized carbons (Fsp3) is 0.375. The third kappa shape index (κ3) is 3.61. The summed E-state index contributed by atoms with van der Waals surface area (Å²) < 4.78 is 11.3. The first-order valence-electron chi connectivity index (χ1n) is 6.63. The van der Waals surface area contributed by atoms with Crippen molar-refractivity contribution in [2.75, 3.05) is 7.05 Å². The minimum Gasteiger partial charge on any atom is -0.486 e. The number of hydrogen-bond acceptors (Lipinski definition) is 3. The molecule has 0 atom stereocenters. The Morgan fingerprint density at radius 1 is 1.26 bits per heavy atom. The van der Waals surface area contributed by atoms with Crippen molar-refractivity contribution < 1.29 is 9.15 Å². The van der Waals surface area contributed by atoms with E-state index >= 15 is 0 Å². The zero-order chi connectivity index (χ0) is 13.7. The summed E-state index contributed by atoms with van der Waals surface area (Å²) in [7, 11) is 1.92. The molecule has 0 spiro atoms. The van der Waals surface area contributed by atoms with Crippen molar-refractivity contribution in [2.45, 2.75) is 32.9 Å². The summed E-state index contributed by atoms with van der Waals surface area (Å²) in [4.78, 5) is 0. The first kappa shape index (κ1) is 13.7. The predicted molar refractivity (Wildman–Crippen MR) is 76.3 cm³/mol. The predicted octanol–water partition coefficient (Wildman–Crippen LogP) is 3.70. The summed E-state index contributed by atoms with van der Waals surface area (Å²) in [5.41, 5.74) is 2.43. The highest BCUT2D eigenvalue weighted by Crippen LogP contribution is 2.21. The van der Waals surface area contributed by atoms with Crippen LogP contribution in [0.15, 0.2) is 41.0 Å². The molecule has 0 aliphatic rings. The quantitative estimate of drug-likeness (QED) is 0.859. The van der Waals surface area contributed by atoms with Crippen molar-refractivity contribution in [3.8, 4) is 5.75 Å². The number of nitrogens with one attached hydrogen (secondary N) is 1. The minimum atomic E-state index is 0.464. The Morgan fingerprint density at radius 3 is 2.84 bits per heavy atom. The molecule has 3 nitrogen and oxygen atoms in total. The van der Waals surface area contributed by atoms with E-state index in [9.17, 15) is 0 Å². The summed E-state index contributed by atoms with van der Waals surface area (Å²) in [5.74, 6) is 2.27. The third-order valence-electron chi connectivity index (χ3n) is 3.10. The molecule has 0 saturated carbocycles. The number of ether oxygens (including phenoxy) is 1. The molecular weight excluding hydrogens is 238 g/mol. The van der Waals surface area contributed by atoms with E-state index in [1.807, 2.05) is 25.2 Å². The highest BCUT2D eigenvalue weighted by Gasteiger charge is 2.07. The van der Waals surface area contributed by atoms with Gasteiger partial charge in [0.15, 0.2) is 0 Å². The van der Waals surface area contributed by atoms with E-state index in [1.165, 1.54) is 5.56 Å². The molecule has 3 heteroatoms. The highest BCUT2D eigenvalue weighted by molar-refractivity contribution is 5.30. The van der Waals surface area contributed by atoms with Gasteiger partial charge in [-0.05, 0) is 36.7 Å². The fourth-order valence-electron chi connectivity index (χ4n) is 1.95. The van der Waals surface area contributed by atoms with E-state index in [-0.39, 0.29) is 0 Å². The number of rotatable bonds is 6. The third-order valence-corrected chi connectivity index (χ3v) is 3.10. The average Bonchev–Trinajstić information content (AvgIpc) is 2.85. The van der Waals surface area contributed by atoms with Crippen LogP contribution >= 0.6 is 0 Å². The van der Waals surface area contributed by atoms with Crippen LogP contribution in [0, 0.1) is 0 Å². The van der Waals surface area contributed by atoms with Crippen LogP contribution in [0.2, 0.25) is 0 Å². The Bertz CT molecular complexity index is 517. The summed E-state index contributed by atoms with van der Waals surface area (Å²) >= 11 is 0. The zero-order valence-corrected chi connectivity index (χ0v) is 11.8. The van der Waals surface area contributed by atoms with Gasteiger partial charge in [0.1, 0.15) is 18.1 Å². The van der Waals surface area contributed by atoms with Gasteiger partial charge in [-0.1, -0.05) is 26.0 Å². The maximum atomic E-state index is 5.81. The minimum absolute atomic E-state index is 0.464. The Hall–Kier alpha value is -1.74. The smallest absolute Gasteiger partial charge is 0.146 e. The van der Waals surface area contributed by atoms with Gasteiger partial charge >= 0.3 is 0 Å². The largest absolute Gasteiger partial charge is 0.486 e. The van der Waals surface area contributed by atoms with Crippen LogP contribution in [0.25, 0.3) is 0 Å². The monoisotopic (exact) mass is 259 g/mol. The maximum Gasteiger partial charge on any atom is 0.146 e. The van der Waals surface area contributed by atoms with Gasteiger partial charge in [0.2, 0.25) is 0 Å². The molecule has 102 valence electrons. The van der Waals surface area contributed by atoms with E-state index < -0.39 is 0 Å². The lowest BCUT2D eigenvalue weighted by Gasteiger charge is -2.09. The summed E-state index contributed by atoms with van der Waals surface area (Å²) in [6, 6.07) is 10.2. The van der Waals surface area contributed by atoms with Crippen LogP contribution < -0.4 is 10.1 Å². The van der Waals surface area contributed by atoms with Gasteiger partial charge < -0.3 is 14.5 Å². The topological polar surface area (TPSA) is 34.4 Å². The molecule has 1 aromatic carbocycles. The van der Waals surface area contributed by atoms with Crippen LogP contribution in [-0.4, -0.2) is 7.05 Å². The lowest BCUT2D eigenvalue weighted by Crippen LogP contribution is -2.07. The van der Waals surface area contributed by atoms with E-state index in [0.717, 1.165) is 23.6 Å². The van der Waals surface area contributed by atoms with Gasteiger partial charge in [-0.25, -0.2) is 0 Å². The zero-order valence-electron chi connectivity index (χ0n) is 11.8. The lowest BCUT2D eigenvalue weighted by atomic mass is 10.0. The molecule has 0 radical (unpaired) electrons. The second-order valence-corrected chi connectivity index (χ2v) is 4.92. The van der Waals surface area contributed by atoms with E-state index in [1.54, 1.807) is 6.26 Å². The van der Waals surface area contributed by atoms with Gasteiger partial charge in [0.25, 0.3) is 0 Å². The molecule has 0 bridgehead atoms. The first-order valence-corrected chi connectivity index (χ1v) is 6.63. The maximum absolute atomic E-state index is 5.81. The molecule has 0 aliphatic carbocycles. The Labute approximate surface area is 114 Å². The molecule has 0 saturated heterocycles. The molecule has 0 aliphatic heterocycles. The Kier molecular flexibility index (Phi) is 4.63. The first-order chi connectivity index (χ1) is 9.20. The van der Waals surface area contributed by atoms with Crippen molar-refractivity contribution in [2.24, 2.45) is 0 Å². The summed E-state index contributed by atoms with van der Waals surface area (Å²) in [5, 5.41) is 3.12. The molecule has 2 aromatic rings. The van der Waals surface area contributed by atoms with Gasteiger partial charge in [-0.15, -0.1) is 0 Å². The second-order valence-electron chi connectivity index (χ2n) is 4.92. The van der Waals surface area contributed by atoms with Gasteiger partial charge in [-0.3, -0.25) is 0 Å². The van der Waals surface area contributed by atoms with E-state index in [0.29, 0.717) is 12.5 Å². The van der Waals surface area contributed by atoms with E-state index in [4.69, 9.17) is 9.15 Å². The summed E-state index contributed by atoms with van der Waals surface area (Å²) in [6.45, 7) is 5.61. The fourth-order valence-corrected chi connectivity index (χ4v) is 1.95. The molecule has 19 heavy (non-hydrogen) atoms. The Morgan fingerprint density at radius 2 is 2.11 bits per heavy atom. The molecule has 0 unspecified atom stereocenters. The lowest BCUT2D eigenvalue weighted by molar-refractivity contribution is 0.268. The number of benzene rings is 1. The standard InChI is InChI=1S/C16H21NO2/c1-12(2)13-5-4-6-15(9-13)19-11-16-14(10-17-3)7-8-18-16/h4-9,12,17H,10-11H2,1-3H3. The van der Waals surface area contributed by atoms with Crippen LogP contribution in [-0.2, 0) is 13.2 Å². The van der Waals surface area contributed by atoms with Gasteiger partial charge in [0.05, 0.1) is 6.26 Å². The molecule has 1 N–H and O–H groups in total. The van der Waals surface area contributed by atoms with Crippen LogP contribution in [0.5, 0.6) is 5.75 Å². The number of furan rings is 1. The van der Waals surface area contributed by atoms with Crippen LogP contribution in [0.1, 0.15) is 36.7 Å². The molecule has 1 aromatic heterocycles.